The van der Waals surface area contributed by atoms with Gasteiger partial charge in [0.15, 0.2) is 0 Å². The molecule has 0 spiro atoms. The maximum absolute atomic E-state index is 10.9. The van der Waals surface area contributed by atoms with Crippen LogP contribution in [-0.2, 0) is 17.9 Å². The van der Waals surface area contributed by atoms with Crippen molar-refractivity contribution in [3.05, 3.63) is 69.3 Å². The fourth-order valence-corrected chi connectivity index (χ4v) is 2.19. The topological polar surface area (TPSA) is 64.4 Å². The Hall–Kier alpha value is -2.40. The number of nitro groups is 1. The number of nitro benzene ring substituents is 1. The maximum Gasteiger partial charge on any atom is 0.272 e. The molecular weight excluding hydrogens is 268 g/mol. The Morgan fingerprint density at radius 3 is 2.71 bits per heavy atom. The highest BCUT2D eigenvalue weighted by Crippen LogP contribution is 2.22. The fourth-order valence-electron chi connectivity index (χ4n) is 2.19. The van der Waals surface area contributed by atoms with E-state index in [1.54, 1.807) is 20.1 Å². The normalized spacial score (nSPS) is 10.4. The molecule has 0 radical (unpaired) electrons. The highest BCUT2D eigenvalue weighted by molar-refractivity contribution is 5.49. The second kappa shape index (κ2) is 6.85. The Morgan fingerprint density at radius 1 is 1.24 bits per heavy atom. The highest BCUT2D eigenvalue weighted by atomic mass is 16.6. The van der Waals surface area contributed by atoms with Gasteiger partial charge in [-0.3, -0.25) is 10.1 Å². The van der Waals surface area contributed by atoms with Crippen LogP contribution in [0.25, 0.3) is 0 Å². The Labute approximate surface area is 123 Å². The zero-order valence-electron chi connectivity index (χ0n) is 12.1. The van der Waals surface area contributed by atoms with Gasteiger partial charge in [-0.25, -0.2) is 0 Å². The first-order valence-corrected chi connectivity index (χ1v) is 6.66. The zero-order chi connectivity index (χ0) is 15.2. The molecule has 0 bridgehead atoms. The van der Waals surface area contributed by atoms with Gasteiger partial charge >= 0.3 is 0 Å². The number of benzene rings is 2. The summed E-state index contributed by atoms with van der Waals surface area (Å²) >= 11 is 0. The lowest BCUT2D eigenvalue weighted by molar-refractivity contribution is -0.385. The first-order valence-electron chi connectivity index (χ1n) is 6.66. The molecule has 2 aromatic carbocycles. The number of methoxy groups -OCH3 is 1. The number of hydrogen-bond donors (Lipinski definition) is 1. The molecule has 0 aromatic heterocycles. The van der Waals surface area contributed by atoms with E-state index in [1.165, 1.54) is 6.07 Å². The van der Waals surface area contributed by atoms with E-state index in [2.05, 4.69) is 5.32 Å². The van der Waals surface area contributed by atoms with Crippen LogP contribution in [0.1, 0.15) is 16.7 Å². The standard InChI is InChI=1S/C16H18N2O3/c1-12-14(6-4-8-16(12)18(19)20)10-17-15-7-3-5-13(9-15)11-21-2/h3-9,17H,10-11H2,1-2H3. The van der Waals surface area contributed by atoms with Gasteiger partial charge in [-0.15, -0.1) is 0 Å². The van der Waals surface area contributed by atoms with Crippen molar-refractivity contribution in [2.45, 2.75) is 20.1 Å². The van der Waals surface area contributed by atoms with Gasteiger partial charge in [-0.2, -0.15) is 0 Å². The number of anilines is 1. The summed E-state index contributed by atoms with van der Waals surface area (Å²) in [6, 6.07) is 13.1. The molecule has 5 heteroatoms. The SMILES string of the molecule is COCc1cccc(NCc2cccc([N+](=O)[O-])c2C)c1. The van der Waals surface area contributed by atoms with Crippen molar-refractivity contribution >= 4 is 11.4 Å². The predicted molar refractivity (Wildman–Crippen MR) is 82.3 cm³/mol. The van der Waals surface area contributed by atoms with Crippen molar-refractivity contribution in [3.63, 3.8) is 0 Å². The quantitative estimate of drug-likeness (QED) is 0.650. The average molecular weight is 286 g/mol. The van der Waals surface area contributed by atoms with E-state index < -0.39 is 0 Å². The van der Waals surface area contributed by atoms with Gasteiger partial charge < -0.3 is 10.1 Å². The molecule has 2 rings (SSSR count). The minimum absolute atomic E-state index is 0.155. The zero-order valence-corrected chi connectivity index (χ0v) is 12.1. The number of rotatable bonds is 6. The van der Waals surface area contributed by atoms with E-state index >= 15 is 0 Å². The van der Waals surface area contributed by atoms with Gasteiger partial charge in [0.1, 0.15) is 0 Å². The smallest absolute Gasteiger partial charge is 0.272 e. The fraction of sp³-hybridized carbons (Fsp3) is 0.250. The summed E-state index contributed by atoms with van der Waals surface area (Å²) < 4.78 is 5.10. The van der Waals surface area contributed by atoms with Crippen LogP contribution in [0.5, 0.6) is 0 Å². The van der Waals surface area contributed by atoms with Crippen molar-refractivity contribution in [1.82, 2.24) is 0 Å². The molecule has 1 N–H and O–H groups in total. The molecule has 0 aliphatic carbocycles. The third-order valence-electron chi connectivity index (χ3n) is 3.34. The molecule has 2 aromatic rings. The molecule has 0 heterocycles. The molecule has 21 heavy (non-hydrogen) atoms. The van der Waals surface area contributed by atoms with E-state index in [9.17, 15) is 10.1 Å². The van der Waals surface area contributed by atoms with E-state index in [0.717, 1.165) is 16.8 Å². The molecule has 110 valence electrons. The van der Waals surface area contributed by atoms with Gasteiger partial charge in [-0.1, -0.05) is 24.3 Å². The Bertz CT molecular complexity index is 641. The first-order chi connectivity index (χ1) is 10.1. The van der Waals surface area contributed by atoms with Crippen molar-refractivity contribution in [2.24, 2.45) is 0 Å². The first kappa shape index (κ1) is 15.0. The monoisotopic (exact) mass is 286 g/mol. The largest absolute Gasteiger partial charge is 0.381 e. The molecule has 0 fully saturated rings. The van der Waals surface area contributed by atoms with Crippen LogP contribution >= 0.6 is 0 Å². The summed E-state index contributed by atoms with van der Waals surface area (Å²) in [5.74, 6) is 0. The summed E-state index contributed by atoms with van der Waals surface area (Å²) in [5.41, 5.74) is 3.82. The molecule has 0 aliphatic rings. The molecule has 0 saturated heterocycles. The second-order valence-electron chi connectivity index (χ2n) is 4.81. The number of nitrogens with zero attached hydrogens (tertiary/aromatic N) is 1. The van der Waals surface area contributed by atoms with Crippen LogP contribution in [0.4, 0.5) is 11.4 Å². The Kier molecular flexibility index (Phi) is 4.90. The van der Waals surface area contributed by atoms with Crippen LogP contribution in [0.3, 0.4) is 0 Å². The highest BCUT2D eigenvalue weighted by Gasteiger charge is 2.12. The number of nitrogens with one attached hydrogen (secondary N) is 1. The van der Waals surface area contributed by atoms with Crippen molar-refractivity contribution in [3.8, 4) is 0 Å². The molecule has 0 aliphatic heterocycles. The van der Waals surface area contributed by atoms with Crippen LogP contribution in [0.15, 0.2) is 42.5 Å². The minimum atomic E-state index is -0.349. The van der Waals surface area contributed by atoms with E-state index in [1.807, 2.05) is 30.3 Å². The lowest BCUT2D eigenvalue weighted by atomic mass is 10.1. The third-order valence-corrected chi connectivity index (χ3v) is 3.34. The van der Waals surface area contributed by atoms with Crippen LogP contribution in [0, 0.1) is 17.0 Å². The van der Waals surface area contributed by atoms with Crippen LogP contribution in [0.2, 0.25) is 0 Å². The van der Waals surface area contributed by atoms with E-state index in [4.69, 9.17) is 4.74 Å². The summed E-state index contributed by atoms with van der Waals surface area (Å²) in [4.78, 5) is 10.6. The maximum atomic E-state index is 10.9. The molecular formula is C16H18N2O3. The van der Waals surface area contributed by atoms with Crippen molar-refractivity contribution in [2.75, 3.05) is 12.4 Å². The summed E-state index contributed by atoms with van der Waals surface area (Å²) in [5, 5.41) is 14.2. The molecule has 0 amide bonds. The van der Waals surface area contributed by atoms with Gasteiger partial charge in [0.2, 0.25) is 0 Å². The number of ether oxygens (including phenoxy) is 1. The Morgan fingerprint density at radius 2 is 2.00 bits per heavy atom. The van der Waals surface area contributed by atoms with Gasteiger partial charge in [0.25, 0.3) is 5.69 Å². The summed E-state index contributed by atoms with van der Waals surface area (Å²) in [6.07, 6.45) is 0. The third kappa shape index (κ3) is 3.79. The van der Waals surface area contributed by atoms with Crippen LogP contribution in [-0.4, -0.2) is 12.0 Å². The van der Waals surface area contributed by atoms with E-state index in [0.29, 0.717) is 18.7 Å². The lowest BCUT2D eigenvalue weighted by Gasteiger charge is -2.10. The van der Waals surface area contributed by atoms with Gasteiger partial charge in [0.05, 0.1) is 11.5 Å². The van der Waals surface area contributed by atoms with Gasteiger partial charge in [0, 0.05) is 31.0 Å². The summed E-state index contributed by atoms with van der Waals surface area (Å²) in [6.45, 7) is 2.88. The lowest BCUT2D eigenvalue weighted by Crippen LogP contribution is -2.03. The summed E-state index contributed by atoms with van der Waals surface area (Å²) in [7, 11) is 1.66. The van der Waals surface area contributed by atoms with Crippen molar-refractivity contribution in [1.29, 1.82) is 0 Å². The average Bonchev–Trinajstić information content (AvgIpc) is 2.46. The minimum Gasteiger partial charge on any atom is -0.381 e. The Balaban J connectivity index is 2.11. The number of hydrogen-bond acceptors (Lipinski definition) is 4. The molecule has 0 unspecified atom stereocenters. The second-order valence-corrected chi connectivity index (χ2v) is 4.81. The van der Waals surface area contributed by atoms with Crippen molar-refractivity contribution < 1.29 is 9.66 Å². The van der Waals surface area contributed by atoms with Crippen LogP contribution < -0.4 is 5.32 Å². The molecule has 0 saturated carbocycles. The molecule has 5 nitrogen and oxygen atoms in total. The van der Waals surface area contributed by atoms with Gasteiger partial charge in [-0.05, 0) is 30.2 Å². The predicted octanol–water partition coefficient (Wildman–Crippen LogP) is 3.66. The molecule has 0 atom stereocenters. The van der Waals surface area contributed by atoms with E-state index in [-0.39, 0.29) is 10.6 Å².